The van der Waals surface area contributed by atoms with Crippen LogP contribution < -0.4 is 0 Å². The van der Waals surface area contributed by atoms with E-state index in [0.717, 1.165) is 16.4 Å². The number of amides is 3. The van der Waals surface area contributed by atoms with Crippen molar-refractivity contribution in [2.24, 2.45) is 23.7 Å². The number of halogens is 4. The summed E-state index contributed by atoms with van der Waals surface area (Å²) in [4.78, 5) is 54.8. The number of nitrogens with zero attached hydrogens (tertiary/aromatic N) is 2. The van der Waals surface area contributed by atoms with Crippen LogP contribution in [0.1, 0.15) is 34.1 Å². The smallest absolute Gasteiger partial charge is 0.275 e. The third-order valence-electron chi connectivity index (χ3n) is 7.35. The summed E-state index contributed by atoms with van der Waals surface area (Å²) in [6.45, 7) is 1.51. The summed E-state index contributed by atoms with van der Waals surface area (Å²) in [6.07, 6.45) is 0.752. The topological polar surface area (TPSA) is 74.8 Å². The van der Waals surface area contributed by atoms with Gasteiger partial charge in [-0.1, -0.05) is 85.4 Å². The van der Waals surface area contributed by atoms with Gasteiger partial charge in [0.1, 0.15) is 6.04 Å². The average Bonchev–Trinajstić information content (AvgIpc) is 3.45. The number of carbonyl (C=O) groups excluding carboxylic acids is 4. The lowest BCUT2D eigenvalue weighted by molar-refractivity contribution is -0.157. The molecule has 2 aliphatic carbocycles. The number of imide groups is 1. The Hall–Kier alpha value is -1.74. The van der Waals surface area contributed by atoms with Crippen molar-refractivity contribution >= 4 is 78.6 Å². The largest absolute Gasteiger partial charge is 0.292 e. The van der Waals surface area contributed by atoms with Crippen molar-refractivity contribution in [3.63, 3.8) is 0 Å². The van der Waals surface area contributed by atoms with Crippen molar-refractivity contribution in [1.82, 2.24) is 10.0 Å². The molecule has 1 heterocycles. The van der Waals surface area contributed by atoms with E-state index in [2.05, 4.69) is 31.9 Å². The number of alkyl halides is 2. The zero-order valence-corrected chi connectivity index (χ0v) is 23.1. The van der Waals surface area contributed by atoms with Gasteiger partial charge in [-0.15, -0.1) is 0 Å². The van der Waals surface area contributed by atoms with Crippen LogP contribution in [0, 0.1) is 23.7 Å². The fourth-order valence-corrected chi connectivity index (χ4v) is 8.09. The molecule has 2 aromatic rings. The summed E-state index contributed by atoms with van der Waals surface area (Å²) in [7, 11) is 0. The predicted octanol–water partition coefficient (Wildman–Crippen LogP) is 5.40. The van der Waals surface area contributed by atoms with E-state index in [1.165, 1.54) is 25.1 Å². The Kier molecular flexibility index (Phi) is 6.62. The zero-order chi connectivity index (χ0) is 25.2. The van der Waals surface area contributed by atoms with Gasteiger partial charge in [-0.05, 0) is 43.4 Å². The van der Waals surface area contributed by atoms with Gasteiger partial charge >= 0.3 is 0 Å². The Labute approximate surface area is 229 Å². The summed E-state index contributed by atoms with van der Waals surface area (Å²) < 4.78 is 0. The van der Waals surface area contributed by atoms with Gasteiger partial charge in [0.15, 0.2) is 5.78 Å². The lowest BCUT2D eigenvalue weighted by atomic mass is 9.81. The summed E-state index contributed by atoms with van der Waals surface area (Å²) in [6, 6.07) is 11.6. The fraction of sp³-hybridized carbons (Fsp3) is 0.360. The Morgan fingerprint density at radius 3 is 2.09 bits per heavy atom. The molecule has 3 aliphatic rings. The molecule has 1 aliphatic heterocycles. The van der Waals surface area contributed by atoms with Gasteiger partial charge in [0, 0.05) is 20.2 Å². The van der Waals surface area contributed by atoms with Crippen LogP contribution in [0.2, 0.25) is 10.0 Å². The SMILES string of the molecule is C[C@H](C(=O)c1ccccc1)N(C(=O)c1ccc(Cl)cc1Cl)N1C(=O)[C@@H]2[C@H]3C[C@@H]([C@@H](Br)[C@H]3Br)[C@H]2C1=O. The number of hydrogen-bond donors (Lipinski definition) is 0. The minimum atomic E-state index is -1.14. The molecule has 6 nitrogen and oxygen atoms in total. The van der Waals surface area contributed by atoms with Crippen LogP contribution in [0.4, 0.5) is 0 Å². The lowest BCUT2D eigenvalue weighted by Crippen LogP contribution is -2.57. The molecule has 0 aromatic heterocycles. The highest BCUT2D eigenvalue weighted by atomic mass is 79.9. The molecule has 3 amide bonds. The van der Waals surface area contributed by atoms with Crippen LogP contribution in [-0.4, -0.2) is 49.2 Å². The second-order valence-corrected chi connectivity index (χ2v) is 12.1. The van der Waals surface area contributed by atoms with E-state index in [9.17, 15) is 19.2 Å². The van der Waals surface area contributed by atoms with E-state index in [-0.39, 0.29) is 32.1 Å². The summed E-state index contributed by atoms with van der Waals surface area (Å²) in [5.41, 5.74) is 0.404. The summed E-state index contributed by atoms with van der Waals surface area (Å²) >= 11 is 19.7. The molecule has 1 saturated heterocycles. The third kappa shape index (κ3) is 3.88. The lowest BCUT2D eigenvalue weighted by Gasteiger charge is -2.35. The Balaban J connectivity index is 1.57. The van der Waals surface area contributed by atoms with Crippen LogP contribution in [0.3, 0.4) is 0 Å². The third-order valence-corrected chi connectivity index (χ3v) is 11.1. The van der Waals surface area contributed by atoms with E-state index in [4.69, 9.17) is 23.2 Å². The predicted molar refractivity (Wildman–Crippen MR) is 139 cm³/mol. The standard InChI is InChI=1S/C25H20Br2Cl2N2O4/c1-11(22(32)12-5-3-2-4-6-12)30(23(33)14-8-7-13(28)9-17(14)29)31-24(34)18-15-10-16(19(18)25(31)35)21(27)20(15)26/h2-9,11,15-16,18-21H,10H2,1H3/t11-,15-,16-,18-,19-,20-,21+/m1/s1. The van der Waals surface area contributed by atoms with Crippen LogP contribution >= 0.6 is 55.1 Å². The van der Waals surface area contributed by atoms with Crippen molar-refractivity contribution in [3.05, 3.63) is 69.7 Å². The molecule has 3 fully saturated rings. The van der Waals surface area contributed by atoms with Gasteiger partial charge in [-0.25, -0.2) is 5.01 Å². The molecule has 0 unspecified atom stereocenters. The van der Waals surface area contributed by atoms with Gasteiger partial charge in [0.2, 0.25) is 0 Å². The van der Waals surface area contributed by atoms with Crippen molar-refractivity contribution < 1.29 is 19.2 Å². The first-order valence-electron chi connectivity index (χ1n) is 11.2. The molecule has 2 aromatic carbocycles. The minimum Gasteiger partial charge on any atom is -0.292 e. The van der Waals surface area contributed by atoms with E-state index in [0.29, 0.717) is 10.6 Å². The van der Waals surface area contributed by atoms with Crippen molar-refractivity contribution in [1.29, 1.82) is 0 Å². The van der Waals surface area contributed by atoms with E-state index < -0.39 is 41.4 Å². The number of carbonyl (C=O) groups is 4. The average molecular weight is 643 g/mol. The highest BCUT2D eigenvalue weighted by Crippen LogP contribution is 2.60. The quantitative estimate of drug-likeness (QED) is 0.249. The Morgan fingerprint density at radius 2 is 1.54 bits per heavy atom. The molecule has 0 N–H and O–H groups in total. The molecule has 182 valence electrons. The highest BCUT2D eigenvalue weighted by molar-refractivity contribution is 9.12. The maximum absolute atomic E-state index is 13.8. The van der Waals surface area contributed by atoms with Crippen LogP contribution in [0.15, 0.2) is 48.5 Å². The van der Waals surface area contributed by atoms with E-state index in [1.54, 1.807) is 30.3 Å². The molecule has 7 atom stereocenters. The first kappa shape index (κ1) is 24.9. The number of ketones is 1. The molecule has 35 heavy (non-hydrogen) atoms. The molecular formula is C25H20Br2Cl2N2O4. The number of hydrogen-bond acceptors (Lipinski definition) is 4. The maximum atomic E-state index is 13.8. The first-order valence-corrected chi connectivity index (χ1v) is 13.8. The van der Waals surface area contributed by atoms with E-state index in [1.807, 2.05) is 0 Å². The van der Waals surface area contributed by atoms with Gasteiger partial charge in [0.25, 0.3) is 17.7 Å². The molecule has 0 radical (unpaired) electrons. The number of hydrazine groups is 1. The molecule has 0 spiro atoms. The van der Waals surface area contributed by atoms with Crippen LogP contribution in [-0.2, 0) is 9.59 Å². The number of fused-ring (bicyclic) bond motifs is 5. The minimum absolute atomic E-state index is 0.0352. The van der Waals surface area contributed by atoms with Gasteiger partial charge < -0.3 is 0 Å². The Morgan fingerprint density at radius 1 is 0.971 bits per heavy atom. The van der Waals surface area contributed by atoms with Crippen molar-refractivity contribution in [3.8, 4) is 0 Å². The second-order valence-electron chi connectivity index (χ2n) is 9.17. The first-order chi connectivity index (χ1) is 16.6. The normalized spacial score (nSPS) is 29.9. The highest BCUT2D eigenvalue weighted by Gasteiger charge is 2.68. The number of rotatable bonds is 5. The van der Waals surface area contributed by atoms with Crippen molar-refractivity contribution in [2.45, 2.75) is 29.0 Å². The maximum Gasteiger partial charge on any atom is 0.275 e. The molecule has 10 heteroatoms. The molecule has 5 rings (SSSR count). The van der Waals surface area contributed by atoms with Crippen LogP contribution in [0.25, 0.3) is 0 Å². The zero-order valence-electron chi connectivity index (χ0n) is 18.4. The van der Waals surface area contributed by atoms with Crippen molar-refractivity contribution in [2.75, 3.05) is 0 Å². The van der Waals surface area contributed by atoms with Gasteiger partial charge in [-0.2, -0.15) is 5.01 Å². The van der Waals surface area contributed by atoms with Gasteiger partial charge in [0.05, 0.1) is 22.4 Å². The summed E-state index contributed by atoms with van der Waals surface area (Å²) in [5, 5.41) is 2.28. The summed E-state index contributed by atoms with van der Waals surface area (Å²) in [5.74, 6) is -3.19. The fourth-order valence-electron chi connectivity index (χ4n) is 5.73. The van der Waals surface area contributed by atoms with E-state index >= 15 is 0 Å². The number of Topliss-reactive ketones (excluding diaryl/α,β-unsaturated/α-hetero) is 1. The van der Waals surface area contributed by atoms with Gasteiger partial charge in [-0.3, -0.25) is 19.2 Å². The van der Waals surface area contributed by atoms with Crippen LogP contribution in [0.5, 0.6) is 0 Å². The monoisotopic (exact) mass is 640 g/mol. The Bertz CT molecular complexity index is 1210. The second kappa shape index (κ2) is 9.29. The molecule has 2 bridgehead atoms. The molecular weight excluding hydrogens is 623 g/mol. The number of benzene rings is 2. The molecule has 2 saturated carbocycles.